The molecule has 4 N–H and O–H groups in total. The highest BCUT2D eigenvalue weighted by molar-refractivity contribution is 5.43. The van der Waals surface area contributed by atoms with Crippen LogP contribution in [-0.2, 0) is 6.18 Å². The Kier molecular flexibility index (Phi) is 4.33. The van der Waals surface area contributed by atoms with Crippen LogP contribution >= 0.6 is 0 Å². The number of nitrogens with two attached hydrogens (primary N) is 1. The molecule has 0 spiro atoms. The number of halogens is 3. The number of hydrogen-bond acceptors (Lipinski definition) is 5. The summed E-state index contributed by atoms with van der Waals surface area (Å²) >= 11 is 0. The summed E-state index contributed by atoms with van der Waals surface area (Å²) in [6, 6.07) is 0.839. The molecule has 0 bridgehead atoms. The molecule has 0 saturated heterocycles. The fourth-order valence-electron chi connectivity index (χ4n) is 1.13. The lowest BCUT2D eigenvalue weighted by molar-refractivity contribution is -0.141. The zero-order valence-corrected chi connectivity index (χ0v) is 10.3. The third-order valence-corrected chi connectivity index (χ3v) is 2.52. The predicted molar refractivity (Wildman–Crippen MR) is 62.8 cm³/mol. The monoisotopic (exact) mass is 263 g/mol. The molecule has 0 fully saturated rings. The average Bonchev–Trinajstić information content (AvgIpc) is 2.27. The number of alkyl halides is 3. The maximum atomic E-state index is 12.6. The maximum absolute atomic E-state index is 12.6. The van der Waals surface area contributed by atoms with Gasteiger partial charge in [0.2, 0.25) is 5.95 Å². The van der Waals surface area contributed by atoms with E-state index in [9.17, 15) is 13.2 Å². The Hall–Kier alpha value is -1.57. The molecule has 0 aliphatic carbocycles. The maximum Gasteiger partial charge on any atom is 0.433 e. The van der Waals surface area contributed by atoms with Crippen molar-refractivity contribution in [1.29, 1.82) is 0 Å². The van der Waals surface area contributed by atoms with Crippen LogP contribution in [0, 0.1) is 5.92 Å². The second kappa shape index (κ2) is 5.38. The van der Waals surface area contributed by atoms with Crippen molar-refractivity contribution in [3.63, 3.8) is 0 Å². The van der Waals surface area contributed by atoms with Crippen LogP contribution in [0.3, 0.4) is 0 Å². The van der Waals surface area contributed by atoms with Crippen molar-refractivity contribution in [3.8, 4) is 0 Å². The number of nitrogens with one attached hydrogen (secondary N) is 2. The number of rotatable bonds is 4. The van der Waals surface area contributed by atoms with Crippen LogP contribution < -0.4 is 16.6 Å². The van der Waals surface area contributed by atoms with Gasteiger partial charge in [0.1, 0.15) is 5.82 Å². The minimum Gasteiger partial charge on any atom is -0.367 e. The summed E-state index contributed by atoms with van der Waals surface area (Å²) in [5.41, 5.74) is 0.982. The zero-order chi connectivity index (χ0) is 13.9. The van der Waals surface area contributed by atoms with Gasteiger partial charge >= 0.3 is 6.18 Å². The molecule has 1 aromatic heterocycles. The minimum absolute atomic E-state index is 0.0217. The predicted octanol–water partition coefficient (Wildman–Crippen LogP) is 2.24. The molecule has 5 nitrogen and oxygen atoms in total. The van der Waals surface area contributed by atoms with Gasteiger partial charge in [0.05, 0.1) is 0 Å². The van der Waals surface area contributed by atoms with Gasteiger partial charge in [-0.05, 0) is 12.8 Å². The van der Waals surface area contributed by atoms with Crippen molar-refractivity contribution in [2.45, 2.75) is 33.0 Å². The minimum atomic E-state index is -4.54. The Balaban J connectivity index is 3.05. The average molecular weight is 263 g/mol. The van der Waals surface area contributed by atoms with E-state index in [1.54, 1.807) is 0 Å². The molecule has 0 aromatic carbocycles. The molecule has 1 rings (SSSR count). The Morgan fingerprint density at radius 2 is 1.83 bits per heavy atom. The number of hydrazine groups is 1. The number of anilines is 2. The van der Waals surface area contributed by atoms with Gasteiger partial charge in [-0.1, -0.05) is 13.8 Å². The van der Waals surface area contributed by atoms with Crippen LogP contribution in [0.2, 0.25) is 0 Å². The quantitative estimate of drug-likeness (QED) is 0.573. The van der Waals surface area contributed by atoms with E-state index in [2.05, 4.69) is 15.3 Å². The van der Waals surface area contributed by atoms with E-state index in [0.29, 0.717) is 0 Å². The van der Waals surface area contributed by atoms with Gasteiger partial charge in [-0.25, -0.2) is 10.8 Å². The second-order valence-corrected chi connectivity index (χ2v) is 4.28. The van der Waals surface area contributed by atoms with Crippen LogP contribution in [0.5, 0.6) is 0 Å². The molecule has 1 atom stereocenters. The van der Waals surface area contributed by atoms with Crippen LogP contribution in [0.4, 0.5) is 24.9 Å². The van der Waals surface area contributed by atoms with Crippen molar-refractivity contribution >= 4 is 11.8 Å². The highest BCUT2D eigenvalue weighted by Gasteiger charge is 2.33. The molecular formula is C10H16F3N5. The van der Waals surface area contributed by atoms with Crippen molar-refractivity contribution in [1.82, 2.24) is 9.97 Å². The molecular weight excluding hydrogens is 247 g/mol. The number of nitrogens with zero attached hydrogens (tertiary/aromatic N) is 2. The van der Waals surface area contributed by atoms with Gasteiger partial charge < -0.3 is 5.32 Å². The molecule has 102 valence electrons. The van der Waals surface area contributed by atoms with E-state index in [1.165, 1.54) is 0 Å². The highest BCUT2D eigenvalue weighted by Crippen LogP contribution is 2.29. The molecule has 8 heteroatoms. The first-order chi connectivity index (χ1) is 8.24. The van der Waals surface area contributed by atoms with Crippen molar-refractivity contribution in [3.05, 3.63) is 11.8 Å². The van der Waals surface area contributed by atoms with Crippen molar-refractivity contribution in [2.75, 3.05) is 10.7 Å². The number of hydrogen-bond donors (Lipinski definition) is 3. The van der Waals surface area contributed by atoms with E-state index >= 15 is 0 Å². The molecule has 1 unspecified atom stereocenters. The summed E-state index contributed by atoms with van der Waals surface area (Å²) in [6.07, 6.45) is -4.54. The van der Waals surface area contributed by atoms with E-state index < -0.39 is 11.9 Å². The van der Waals surface area contributed by atoms with Crippen LogP contribution in [-0.4, -0.2) is 16.0 Å². The SMILES string of the molecule is CC(C)C(C)Nc1cc(C(F)(F)F)nc(NN)n1. The van der Waals surface area contributed by atoms with Crippen LogP contribution in [0.15, 0.2) is 6.07 Å². The van der Waals surface area contributed by atoms with Crippen molar-refractivity contribution in [2.24, 2.45) is 11.8 Å². The summed E-state index contributed by atoms with van der Waals surface area (Å²) in [5, 5.41) is 2.88. The fraction of sp³-hybridized carbons (Fsp3) is 0.600. The molecule has 0 saturated carbocycles. The molecule has 0 aliphatic rings. The normalized spacial score (nSPS) is 13.6. The highest BCUT2D eigenvalue weighted by atomic mass is 19.4. The summed E-state index contributed by atoms with van der Waals surface area (Å²) in [6.45, 7) is 5.76. The first kappa shape index (κ1) is 14.5. The van der Waals surface area contributed by atoms with Gasteiger partial charge in [-0.2, -0.15) is 18.2 Å². The van der Waals surface area contributed by atoms with Gasteiger partial charge in [0.15, 0.2) is 5.69 Å². The summed E-state index contributed by atoms with van der Waals surface area (Å²) in [7, 11) is 0. The standard InChI is InChI=1S/C10H16F3N5/c1-5(2)6(3)15-8-4-7(10(11,12)13)16-9(17-8)18-14/h4-6H,14H2,1-3H3,(H2,15,16,17,18). The first-order valence-corrected chi connectivity index (χ1v) is 5.43. The van der Waals surface area contributed by atoms with Gasteiger partial charge in [-0.15, -0.1) is 0 Å². The lowest BCUT2D eigenvalue weighted by Crippen LogP contribution is -2.24. The molecule has 0 radical (unpaired) electrons. The Labute approximate surface area is 103 Å². The topological polar surface area (TPSA) is 75.9 Å². The van der Waals surface area contributed by atoms with E-state index in [-0.39, 0.29) is 23.7 Å². The zero-order valence-electron chi connectivity index (χ0n) is 10.3. The van der Waals surface area contributed by atoms with Gasteiger partial charge in [-0.3, -0.25) is 5.43 Å². The molecule has 1 heterocycles. The van der Waals surface area contributed by atoms with Gasteiger partial charge in [0, 0.05) is 12.1 Å². The molecule has 0 amide bonds. The smallest absolute Gasteiger partial charge is 0.367 e. The Bertz CT molecular complexity index is 405. The summed E-state index contributed by atoms with van der Waals surface area (Å²) in [4.78, 5) is 7.09. The molecule has 18 heavy (non-hydrogen) atoms. The number of nitrogen functional groups attached to an aromatic ring is 1. The fourth-order valence-corrected chi connectivity index (χ4v) is 1.13. The van der Waals surface area contributed by atoms with E-state index in [4.69, 9.17) is 5.84 Å². The lowest BCUT2D eigenvalue weighted by atomic mass is 10.1. The van der Waals surface area contributed by atoms with Gasteiger partial charge in [0.25, 0.3) is 0 Å². The number of aromatic nitrogens is 2. The second-order valence-electron chi connectivity index (χ2n) is 4.28. The third-order valence-electron chi connectivity index (χ3n) is 2.52. The van der Waals surface area contributed by atoms with E-state index in [0.717, 1.165) is 6.07 Å². The molecule has 1 aromatic rings. The summed E-state index contributed by atoms with van der Waals surface area (Å²) in [5.74, 6) is 5.12. The van der Waals surface area contributed by atoms with Crippen LogP contribution in [0.1, 0.15) is 26.5 Å². The summed E-state index contributed by atoms with van der Waals surface area (Å²) < 4.78 is 37.8. The Morgan fingerprint density at radius 1 is 1.22 bits per heavy atom. The third kappa shape index (κ3) is 3.73. The van der Waals surface area contributed by atoms with Crippen molar-refractivity contribution < 1.29 is 13.2 Å². The lowest BCUT2D eigenvalue weighted by Gasteiger charge is -2.19. The van der Waals surface area contributed by atoms with E-state index in [1.807, 2.05) is 26.2 Å². The largest absolute Gasteiger partial charge is 0.433 e. The molecule has 0 aliphatic heterocycles. The Morgan fingerprint density at radius 3 is 2.28 bits per heavy atom. The van der Waals surface area contributed by atoms with Crippen LogP contribution in [0.25, 0.3) is 0 Å². The first-order valence-electron chi connectivity index (χ1n) is 5.43.